The zero-order valence-corrected chi connectivity index (χ0v) is 15.9. The first-order valence-electron chi connectivity index (χ1n) is 8.23. The van der Waals surface area contributed by atoms with Crippen LogP contribution in [0.25, 0.3) is 11.1 Å². The van der Waals surface area contributed by atoms with Gasteiger partial charge >= 0.3 is 5.97 Å². The number of hydrogen-bond acceptors (Lipinski definition) is 5. The molecule has 27 heavy (non-hydrogen) atoms. The Morgan fingerprint density at radius 1 is 1.15 bits per heavy atom. The highest BCUT2D eigenvalue weighted by Crippen LogP contribution is 2.46. The summed E-state index contributed by atoms with van der Waals surface area (Å²) in [5.41, 5.74) is 2.70. The number of halogens is 1. The topological polar surface area (TPSA) is 60.3 Å². The number of aromatic nitrogens is 1. The molecule has 0 spiro atoms. The van der Waals surface area contributed by atoms with Crippen molar-refractivity contribution in [3.63, 3.8) is 0 Å². The Bertz CT molecular complexity index is 1090. The fraction of sp³-hybridized carbons (Fsp3) is 0.100. The predicted molar refractivity (Wildman–Crippen MR) is 107 cm³/mol. The number of ether oxygens (including phenoxy) is 1. The van der Waals surface area contributed by atoms with E-state index in [2.05, 4.69) is 5.32 Å². The highest BCUT2D eigenvalue weighted by atomic mass is 35.5. The van der Waals surface area contributed by atoms with Crippen molar-refractivity contribution in [3.05, 3.63) is 70.1 Å². The first kappa shape index (κ1) is 17.7. The molecule has 0 radical (unpaired) electrons. The van der Waals surface area contributed by atoms with Crippen LogP contribution >= 0.6 is 23.4 Å². The van der Waals surface area contributed by atoms with Gasteiger partial charge in [-0.2, -0.15) is 0 Å². The molecule has 1 aliphatic heterocycles. The van der Waals surface area contributed by atoms with Gasteiger partial charge in [0.2, 0.25) is 0 Å². The molecule has 0 unspecified atom stereocenters. The molecular formula is C20H15ClN2O3S. The van der Waals surface area contributed by atoms with E-state index in [1.54, 1.807) is 30.1 Å². The third-order valence-electron chi connectivity index (χ3n) is 4.15. The van der Waals surface area contributed by atoms with Gasteiger partial charge in [-0.1, -0.05) is 47.6 Å². The number of carbonyl (C=O) groups excluding carboxylic acids is 1. The van der Waals surface area contributed by atoms with E-state index < -0.39 is 5.97 Å². The van der Waals surface area contributed by atoms with Crippen molar-refractivity contribution in [2.24, 2.45) is 0 Å². The van der Waals surface area contributed by atoms with Gasteiger partial charge in [0, 0.05) is 23.0 Å². The molecule has 2 aromatic carbocycles. The number of hydrogen-bond donors (Lipinski definition) is 1. The van der Waals surface area contributed by atoms with E-state index in [4.69, 9.17) is 16.3 Å². The molecule has 2 heterocycles. The standard InChI is InChI=1S/C20H15ClN2O3S/c1-12(24)26-11-23-10-17-19(22-15-4-2-3-5-16(15)27-17)18(20(23)25)13-6-8-14(21)9-7-13/h2-10,22H,11H2,1H3. The SMILES string of the molecule is CC(=O)OCn1cc2c(c(-c3ccc(Cl)cc3)c1=O)Nc1ccccc1S2. The smallest absolute Gasteiger partial charge is 0.304 e. The number of rotatable bonds is 3. The van der Waals surface area contributed by atoms with Crippen molar-refractivity contribution in [1.29, 1.82) is 0 Å². The zero-order chi connectivity index (χ0) is 19.0. The maximum absolute atomic E-state index is 13.1. The number of carbonyl (C=O) groups is 1. The van der Waals surface area contributed by atoms with Gasteiger partial charge < -0.3 is 10.1 Å². The molecule has 0 aliphatic carbocycles. The fourth-order valence-corrected chi connectivity index (χ4v) is 4.07. The highest BCUT2D eigenvalue weighted by molar-refractivity contribution is 7.99. The molecule has 1 N–H and O–H groups in total. The second-order valence-electron chi connectivity index (χ2n) is 6.01. The van der Waals surface area contributed by atoms with Gasteiger partial charge in [0.1, 0.15) is 0 Å². The van der Waals surface area contributed by atoms with Gasteiger partial charge in [-0.05, 0) is 29.8 Å². The quantitative estimate of drug-likeness (QED) is 0.497. The van der Waals surface area contributed by atoms with Gasteiger partial charge in [0.25, 0.3) is 5.56 Å². The number of pyridine rings is 1. The van der Waals surface area contributed by atoms with Crippen LogP contribution in [0.4, 0.5) is 11.4 Å². The minimum atomic E-state index is -0.441. The molecule has 7 heteroatoms. The first-order valence-corrected chi connectivity index (χ1v) is 9.43. The largest absolute Gasteiger partial charge is 0.444 e. The highest BCUT2D eigenvalue weighted by Gasteiger charge is 2.23. The van der Waals surface area contributed by atoms with Crippen LogP contribution in [0, 0.1) is 0 Å². The van der Waals surface area contributed by atoms with E-state index in [1.807, 2.05) is 36.4 Å². The molecule has 3 aromatic rings. The molecule has 0 fully saturated rings. The van der Waals surface area contributed by atoms with Gasteiger partial charge in [0.15, 0.2) is 6.73 Å². The monoisotopic (exact) mass is 398 g/mol. The molecule has 1 aliphatic rings. The lowest BCUT2D eigenvalue weighted by atomic mass is 10.0. The average Bonchev–Trinajstić information content (AvgIpc) is 2.66. The van der Waals surface area contributed by atoms with Crippen LogP contribution in [-0.2, 0) is 16.3 Å². The summed E-state index contributed by atoms with van der Waals surface area (Å²) in [5, 5.41) is 3.97. The second-order valence-corrected chi connectivity index (χ2v) is 7.53. The lowest BCUT2D eigenvalue weighted by Crippen LogP contribution is -2.25. The van der Waals surface area contributed by atoms with Gasteiger partial charge in [-0.15, -0.1) is 0 Å². The second kappa shape index (κ2) is 7.13. The Hall–Kier alpha value is -2.70. The summed E-state index contributed by atoms with van der Waals surface area (Å²) < 4.78 is 6.46. The summed E-state index contributed by atoms with van der Waals surface area (Å²) in [6, 6.07) is 15.0. The third kappa shape index (κ3) is 3.46. The molecule has 0 saturated heterocycles. The van der Waals surface area contributed by atoms with Crippen LogP contribution in [0.3, 0.4) is 0 Å². The van der Waals surface area contributed by atoms with Crippen LogP contribution in [-0.4, -0.2) is 10.5 Å². The van der Waals surface area contributed by atoms with Crippen LogP contribution in [0.1, 0.15) is 6.92 Å². The van der Waals surface area contributed by atoms with Crippen molar-refractivity contribution in [2.45, 2.75) is 23.4 Å². The van der Waals surface area contributed by atoms with E-state index >= 15 is 0 Å². The molecule has 1 aromatic heterocycles. The number of esters is 1. The van der Waals surface area contributed by atoms with Crippen molar-refractivity contribution in [3.8, 4) is 11.1 Å². The Morgan fingerprint density at radius 3 is 2.63 bits per heavy atom. The van der Waals surface area contributed by atoms with Gasteiger partial charge in [-0.3, -0.25) is 14.2 Å². The summed E-state index contributed by atoms with van der Waals surface area (Å²) in [6.07, 6.45) is 1.72. The number of para-hydroxylation sites is 1. The van der Waals surface area contributed by atoms with Crippen molar-refractivity contribution >= 4 is 40.7 Å². The minimum Gasteiger partial charge on any atom is -0.444 e. The van der Waals surface area contributed by atoms with Crippen molar-refractivity contribution < 1.29 is 9.53 Å². The molecular weight excluding hydrogens is 384 g/mol. The minimum absolute atomic E-state index is 0.135. The van der Waals surface area contributed by atoms with Crippen LogP contribution in [0.2, 0.25) is 5.02 Å². The summed E-state index contributed by atoms with van der Waals surface area (Å²) in [6.45, 7) is 1.18. The van der Waals surface area contributed by atoms with E-state index in [1.165, 1.54) is 11.5 Å². The zero-order valence-electron chi connectivity index (χ0n) is 14.4. The van der Waals surface area contributed by atoms with E-state index in [0.717, 1.165) is 26.7 Å². The number of anilines is 2. The molecule has 0 amide bonds. The summed E-state index contributed by atoms with van der Waals surface area (Å²) in [4.78, 5) is 26.3. The maximum Gasteiger partial charge on any atom is 0.304 e. The Labute approximate surface area is 164 Å². The first-order chi connectivity index (χ1) is 13.0. The predicted octanol–water partition coefficient (Wildman–Crippen LogP) is 4.90. The molecule has 0 bridgehead atoms. The summed E-state index contributed by atoms with van der Waals surface area (Å²) in [5.74, 6) is -0.441. The van der Waals surface area contributed by atoms with Crippen LogP contribution < -0.4 is 10.9 Å². The van der Waals surface area contributed by atoms with Crippen LogP contribution in [0.5, 0.6) is 0 Å². The normalized spacial score (nSPS) is 11.9. The van der Waals surface area contributed by atoms with E-state index in [-0.39, 0.29) is 12.3 Å². The van der Waals surface area contributed by atoms with E-state index in [9.17, 15) is 9.59 Å². The molecule has 0 saturated carbocycles. The van der Waals surface area contributed by atoms with Gasteiger partial charge in [0.05, 0.1) is 21.8 Å². The molecule has 5 nitrogen and oxygen atoms in total. The van der Waals surface area contributed by atoms with Crippen molar-refractivity contribution in [1.82, 2.24) is 4.57 Å². The van der Waals surface area contributed by atoms with Gasteiger partial charge in [-0.25, -0.2) is 0 Å². The third-order valence-corrected chi connectivity index (χ3v) is 5.51. The average molecular weight is 399 g/mol. The van der Waals surface area contributed by atoms with Crippen LogP contribution in [0.15, 0.2) is 69.3 Å². The summed E-state index contributed by atoms with van der Waals surface area (Å²) >= 11 is 7.57. The Kier molecular flexibility index (Phi) is 4.68. The summed E-state index contributed by atoms with van der Waals surface area (Å²) in [7, 11) is 0. The number of fused-ring (bicyclic) bond motifs is 2. The molecule has 136 valence electrons. The number of nitrogens with one attached hydrogen (secondary N) is 1. The lowest BCUT2D eigenvalue weighted by molar-refractivity contribution is -0.144. The van der Waals surface area contributed by atoms with Crippen molar-refractivity contribution in [2.75, 3.05) is 5.32 Å². The Balaban J connectivity index is 1.90. The number of nitrogens with zero attached hydrogens (tertiary/aromatic N) is 1. The Morgan fingerprint density at radius 2 is 1.89 bits per heavy atom. The number of benzene rings is 2. The van der Waals surface area contributed by atoms with E-state index in [0.29, 0.717) is 10.6 Å². The maximum atomic E-state index is 13.1. The molecule has 0 atom stereocenters. The fourth-order valence-electron chi connectivity index (χ4n) is 2.89. The molecule has 4 rings (SSSR count). The lowest BCUT2D eigenvalue weighted by Gasteiger charge is -2.24.